The third-order valence-electron chi connectivity index (χ3n) is 4.02. The Morgan fingerprint density at radius 3 is 2.83 bits per heavy atom. The summed E-state index contributed by atoms with van der Waals surface area (Å²) in [5, 5.41) is 3.15. The third kappa shape index (κ3) is 3.00. The fourth-order valence-electron chi connectivity index (χ4n) is 2.54. The molecule has 0 unspecified atom stereocenters. The monoisotopic (exact) mass is 355 g/mol. The minimum Gasteiger partial charge on any atom is -0.444 e. The average molecular weight is 355 g/mol. The molecule has 4 nitrogen and oxygen atoms in total. The van der Waals surface area contributed by atoms with E-state index in [1.165, 1.54) is 4.70 Å². The highest BCUT2D eigenvalue weighted by atomic mass is 32.1. The maximum absolute atomic E-state index is 5.60. The van der Waals surface area contributed by atoms with E-state index in [1.807, 2.05) is 23.6 Å². The first-order chi connectivity index (χ1) is 11.7. The van der Waals surface area contributed by atoms with Crippen LogP contribution in [-0.4, -0.2) is 21.9 Å². The Balaban J connectivity index is 1.50. The predicted molar refractivity (Wildman–Crippen MR) is 99.3 cm³/mol. The molecule has 4 rings (SSSR count). The van der Waals surface area contributed by atoms with Crippen LogP contribution < -0.4 is 0 Å². The molecule has 122 valence electrons. The number of para-hydroxylation sites is 1. The molecule has 0 amide bonds. The van der Waals surface area contributed by atoms with Gasteiger partial charge in [-0.25, -0.2) is 9.97 Å². The molecule has 3 aromatic heterocycles. The minimum absolute atomic E-state index is 0.226. The van der Waals surface area contributed by atoms with Crippen LogP contribution in [0.2, 0.25) is 0 Å². The topological polar surface area (TPSA) is 42.2 Å². The number of benzene rings is 1. The number of rotatable bonds is 5. The summed E-state index contributed by atoms with van der Waals surface area (Å²) in [4.78, 5) is 12.7. The number of oxazole rings is 1. The van der Waals surface area contributed by atoms with Crippen LogP contribution in [0.5, 0.6) is 0 Å². The number of nitrogens with zero attached hydrogens (tertiary/aromatic N) is 3. The van der Waals surface area contributed by atoms with Gasteiger partial charge in [0.15, 0.2) is 0 Å². The van der Waals surface area contributed by atoms with Gasteiger partial charge in [-0.2, -0.15) is 0 Å². The van der Waals surface area contributed by atoms with Gasteiger partial charge in [-0.3, -0.25) is 4.90 Å². The zero-order valence-corrected chi connectivity index (χ0v) is 15.1. The van der Waals surface area contributed by atoms with Gasteiger partial charge in [-0.1, -0.05) is 18.2 Å². The van der Waals surface area contributed by atoms with E-state index < -0.39 is 0 Å². The Morgan fingerprint density at radius 1 is 1.17 bits per heavy atom. The van der Waals surface area contributed by atoms with Crippen LogP contribution in [0.15, 0.2) is 52.5 Å². The van der Waals surface area contributed by atoms with Crippen molar-refractivity contribution in [3.05, 3.63) is 58.7 Å². The van der Waals surface area contributed by atoms with Crippen LogP contribution in [0.25, 0.3) is 21.0 Å². The van der Waals surface area contributed by atoms with Gasteiger partial charge in [-0.15, -0.1) is 22.7 Å². The number of hydrogen-bond donors (Lipinski definition) is 0. The standard InChI is InChI=1S/C18H17N3OS2/c1-12(18-20-14-6-3-4-7-15(14)24-18)21(2)10-13-11-22-17(19-13)16-8-5-9-23-16/h3-9,11-12H,10H2,1-2H3/t12-/m0/s1. The van der Waals surface area contributed by atoms with Gasteiger partial charge in [0.25, 0.3) is 0 Å². The van der Waals surface area contributed by atoms with Gasteiger partial charge in [-0.05, 0) is 37.6 Å². The van der Waals surface area contributed by atoms with E-state index in [2.05, 4.69) is 42.1 Å². The van der Waals surface area contributed by atoms with Crippen LogP contribution in [0.3, 0.4) is 0 Å². The van der Waals surface area contributed by atoms with Gasteiger partial charge in [0.05, 0.1) is 26.8 Å². The van der Waals surface area contributed by atoms with Crippen LogP contribution in [0, 0.1) is 0 Å². The van der Waals surface area contributed by atoms with E-state index in [0.717, 1.165) is 27.6 Å². The highest BCUT2D eigenvalue weighted by Crippen LogP contribution is 2.30. The number of thiophene rings is 1. The van der Waals surface area contributed by atoms with Gasteiger partial charge >= 0.3 is 0 Å². The molecule has 0 fully saturated rings. The minimum atomic E-state index is 0.226. The Kier molecular flexibility index (Phi) is 4.18. The summed E-state index contributed by atoms with van der Waals surface area (Å²) in [7, 11) is 2.09. The summed E-state index contributed by atoms with van der Waals surface area (Å²) < 4.78 is 6.83. The van der Waals surface area contributed by atoms with Crippen LogP contribution in [-0.2, 0) is 6.54 Å². The SMILES string of the molecule is C[C@@H](c1nc2ccccc2s1)N(C)Cc1coc(-c2cccs2)n1. The molecule has 0 N–H and O–H groups in total. The van der Waals surface area contributed by atoms with E-state index >= 15 is 0 Å². The zero-order valence-electron chi connectivity index (χ0n) is 13.5. The number of aromatic nitrogens is 2. The molecular weight excluding hydrogens is 338 g/mol. The van der Waals surface area contributed by atoms with Crippen molar-refractivity contribution < 1.29 is 4.42 Å². The second kappa shape index (κ2) is 6.47. The van der Waals surface area contributed by atoms with Crippen molar-refractivity contribution in [3.63, 3.8) is 0 Å². The Labute approximate surface area is 148 Å². The van der Waals surface area contributed by atoms with Gasteiger partial charge < -0.3 is 4.42 Å². The van der Waals surface area contributed by atoms with Crippen molar-refractivity contribution in [1.29, 1.82) is 0 Å². The second-order valence-electron chi connectivity index (χ2n) is 5.73. The Bertz CT molecular complexity index is 909. The van der Waals surface area contributed by atoms with Crippen molar-refractivity contribution in [1.82, 2.24) is 14.9 Å². The quantitative estimate of drug-likeness (QED) is 0.493. The van der Waals surface area contributed by atoms with Crippen molar-refractivity contribution in [2.24, 2.45) is 0 Å². The molecule has 0 spiro atoms. The lowest BCUT2D eigenvalue weighted by atomic mass is 10.3. The summed E-state index contributed by atoms with van der Waals surface area (Å²) in [5.41, 5.74) is 2.01. The van der Waals surface area contributed by atoms with E-state index in [0.29, 0.717) is 5.89 Å². The second-order valence-corrected chi connectivity index (χ2v) is 7.74. The predicted octanol–water partition coefficient (Wildman–Crippen LogP) is 5.21. The van der Waals surface area contributed by atoms with Gasteiger partial charge in [0.1, 0.15) is 11.3 Å². The molecule has 0 saturated carbocycles. The first-order valence-corrected chi connectivity index (χ1v) is 9.44. The molecule has 0 radical (unpaired) electrons. The van der Waals surface area contributed by atoms with E-state index in [9.17, 15) is 0 Å². The van der Waals surface area contributed by atoms with E-state index in [4.69, 9.17) is 9.40 Å². The molecule has 1 aromatic carbocycles. The summed E-state index contributed by atoms with van der Waals surface area (Å²) in [5.74, 6) is 0.695. The highest BCUT2D eigenvalue weighted by Gasteiger charge is 2.18. The van der Waals surface area contributed by atoms with Crippen molar-refractivity contribution in [3.8, 4) is 10.8 Å². The lowest BCUT2D eigenvalue weighted by Gasteiger charge is -2.21. The molecular formula is C18H17N3OS2. The van der Waals surface area contributed by atoms with Gasteiger partial charge in [0.2, 0.25) is 5.89 Å². The Morgan fingerprint density at radius 2 is 2.04 bits per heavy atom. The Hall–Kier alpha value is -2.02. The highest BCUT2D eigenvalue weighted by molar-refractivity contribution is 7.18. The maximum Gasteiger partial charge on any atom is 0.236 e. The smallest absolute Gasteiger partial charge is 0.236 e. The fraction of sp³-hybridized carbons (Fsp3) is 0.222. The number of fused-ring (bicyclic) bond motifs is 1. The van der Waals surface area contributed by atoms with Crippen LogP contribution >= 0.6 is 22.7 Å². The molecule has 0 saturated heterocycles. The summed E-state index contributed by atoms with van der Waals surface area (Å²) in [6.07, 6.45) is 1.75. The largest absolute Gasteiger partial charge is 0.444 e. The lowest BCUT2D eigenvalue weighted by Crippen LogP contribution is -2.21. The first-order valence-electron chi connectivity index (χ1n) is 7.74. The maximum atomic E-state index is 5.60. The molecule has 6 heteroatoms. The van der Waals surface area contributed by atoms with Crippen LogP contribution in [0.1, 0.15) is 23.7 Å². The fourth-order valence-corrected chi connectivity index (χ4v) is 4.28. The lowest BCUT2D eigenvalue weighted by molar-refractivity contribution is 0.249. The molecule has 24 heavy (non-hydrogen) atoms. The first kappa shape index (κ1) is 15.5. The molecule has 0 bridgehead atoms. The van der Waals surface area contributed by atoms with Crippen molar-refractivity contribution in [2.75, 3.05) is 7.05 Å². The molecule has 0 aliphatic rings. The summed E-state index contributed by atoms with van der Waals surface area (Å²) in [6, 6.07) is 12.5. The summed E-state index contributed by atoms with van der Waals surface area (Å²) >= 11 is 3.39. The molecule has 4 aromatic rings. The van der Waals surface area contributed by atoms with E-state index in [1.54, 1.807) is 28.9 Å². The normalized spacial score (nSPS) is 13.0. The van der Waals surface area contributed by atoms with Crippen molar-refractivity contribution in [2.45, 2.75) is 19.5 Å². The van der Waals surface area contributed by atoms with E-state index in [-0.39, 0.29) is 6.04 Å². The van der Waals surface area contributed by atoms with Crippen LogP contribution in [0.4, 0.5) is 0 Å². The average Bonchev–Trinajstić information content (AvgIpc) is 3.32. The number of thiazole rings is 1. The third-order valence-corrected chi connectivity index (χ3v) is 6.09. The molecule has 0 aliphatic heterocycles. The van der Waals surface area contributed by atoms with Gasteiger partial charge in [0, 0.05) is 6.54 Å². The van der Waals surface area contributed by atoms with Crippen molar-refractivity contribution >= 4 is 32.9 Å². The summed E-state index contributed by atoms with van der Waals surface area (Å²) in [6.45, 7) is 2.91. The molecule has 0 aliphatic carbocycles. The zero-order chi connectivity index (χ0) is 16.5. The molecule has 1 atom stereocenters. The molecule has 3 heterocycles. The number of hydrogen-bond acceptors (Lipinski definition) is 6.